The number of benzene rings is 1. The second-order valence-electron chi connectivity index (χ2n) is 15.6. The van der Waals surface area contributed by atoms with Crippen molar-refractivity contribution in [1.82, 2.24) is 25.2 Å². The number of fused-ring (bicyclic) bond motifs is 3. The van der Waals surface area contributed by atoms with E-state index in [1.807, 2.05) is 19.1 Å². The lowest BCUT2D eigenvalue weighted by Crippen LogP contribution is -2.59. The van der Waals surface area contributed by atoms with Gasteiger partial charge in [0.15, 0.2) is 0 Å². The van der Waals surface area contributed by atoms with Crippen LogP contribution < -0.4 is 29.6 Å². The van der Waals surface area contributed by atoms with Crippen LogP contribution in [-0.4, -0.2) is 110 Å². The Morgan fingerprint density at radius 2 is 1.87 bits per heavy atom. The molecule has 2 aliphatic carbocycles. The summed E-state index contributed by atoms with van der Waals surface area (Å²) in [5, 5.41) is 16.3. The largest absolute Gasteiger partial charge is 0.497 e. The maximum Gasteiger partial charge on any atom is 0.405 e. The average molecular weight is 786 g/mol. The van der Waals surface area contributed by atoms with Gasteiger partial charge in [0, 0.05) is 30.2 Å². The molecule has 0 spiro atoms. The minimum Gasteiger partial charge on any atom is -0.497 e. The molecule has 1 aromatic heterocycles. The van der Waals surface area contributed by atoms with Gasteiger partial charge in [-0.2, -0.15) is 0 Å². The van der Waals surface area contributed by atoms with Crippen LogP contribution in [0.25, 0.3) is 10.8 Å². The van der Waals surface area contributed by atoms with Gasteiger partial charge in [-0.1, -0.05) is 26.0 Å². The third kappa shape index (κ3) is 8.47. The van der Waals surface area contributed by atoms with Gasteiger partial charge in [-0.3, -0.25) is 19.1 Å². The van der Waals surface area contributed by atoms with E-state index in [9.17, 15) is 32.7 Å². The molecular weight excluding hydrogens is 735 g/mol. The van der Waals surface area contributed by atoms with Crippen LogP contribution >= 0.6 is 0 Å². The number of hydrogen-bond acceptors (Lipinski definition) is 11. The summed E-state index contributed by atoms with van der Waals surface area (Å²) >= 11 is 0. The Kier molecular flexibility index (Phi) is 11.5. The molecule has 7 atom stereocenters. The first-order valence-electron chi connectivity index (χ1n) is 18.7. The number of nitrogens with one attached hydrogen (secondary N) is 3. The fourth-order valence-electron chi connectivity index (χ4n) is 7.63. The molecule has 4 N–H and O–H groups in total. The fourth-order valence-corrected chi connectivity index (χ4v) is 8.94. The molecule has 55 heavy (non-hydrogen) atoms. The summed E-state index contributed by atoms with van der Waals surface area (Å²) in [5.41, 5.74) is -1.56. The molecule has 17 heteroatoms. The first-order valence-corrected chi connectivity index (χ1v) is 20.2. The maximum absolute atomic E-state index is 14.5. The van der Waals surface area contributed by atoms with Gasteiger partial charge in [-0.25, -0.2) is 18.2 Å². The number of allylic oxidation sites excluding steroid dienone is 1. The van der Waals surface area contributed by atoms with Crippen LogP contribution in [0.5, 0.6) is 17.4 Å². The number of hydrogen-bond donors (Lipinski definition) is 4. The third-order valence-corrected chi connectivity index (χ3v) is 13.5. The average Bonchev–Trinajstić information content (AvgIpc) is 4.02. The van der Waals surface area contributed by atoms with Crippen molar-refractivity contribution in [2.75, 3.05) is 34.0 Å². The normalized spacial score (nSPS) is 29.1. The maximum atomic E-state index is 14.5. The van der Waals surface area contributed by atoms with Crippen LogP contribution in [-0.2, 0) is 29.1 Å². The molecule has 300 valence electrons. The molecule has 6 rings (SSSR count). The number of carbonyl (C=O) groups excluding carboxylic acids is 3. The van der Waals surface area contributed by atoms with Crippen molar-refractivity contribution >= 4 is 44.6 Å². The zero-order valence-electron chi connectivity index (χ0n) is 31.8. The molecule has 2 aliphatic heterocycles. The lowest BCUT2D eigenvalue weighted by Gasteiger charge is -2.32. The van der Waals surface area contributed by atoms with Gasteiger partial charge in [-0.05, 0) is 75.5 Å². The van der Waals surface area contributed by atoms with Gasteiger partial charge >= 0.3 is 6.09 Å². The number of rotatable bonds is 11. The highest BCUT2D eigenvalue weighted by molar-refractivity contribution is 7.91. The minimum atomic E-state index is -4.02. The van der Waals surface area contributed by atoms with Crippen LogP contribution in [0.4, 0.5) is 4.79 Å². The Morgan fingerprint density at radius 3 is 2.56 bits per heavy atom. The first kappa shape index (κ1) is 40.0. The van der Waals surface area contributed by atoms with Crippen LogP contribution in [0.15, 0.2) is 36.5 Å². The zero-order chi connectivity index (χ0) is 39.7. The topological polar surface area (TPSA) is 212 Å². The molecular formula is C38H51N5O11S. The van der Waals surface area contributed by atoms with Crippen molar-refractivity contribution in [3.05, 3.63) is 36.5 Å². The molecule has 4 amide bonds. The summed E-state index contributed by atoms with van der Waals surface area (Å²) in [5.74, 6) is -1.68. The van der Waals surface area contributed by atoms with E-state index in [0.717, 1.165) is 6.42 Å². The second kappa shape index (κ2) is 15.8. The number of carbonyl (C=O) groups is 4. The molecule has 0 bridgehead atoms. The van der Waals surface area contributed by atoms with Crippen molar-refractivity contribution in [2.24, 2.45) is 17.8 Å². The Labute approximate surface area is 320 Å². The van der Waals surface area contributed by atoms with Gasteiger partial charge in [0.05, 0.1) is 31.2 Å². The summed E-state index contributed by atoms with van der Waals surface area (Å²) in [6.45, 7) is 5.92. The molecule has 3 fully saturated rings. The highest BCUT2D eigenvalue weighted by atomic mass is 32.2. The smallest absolute Gasteiger partial charge is 0.405 e. The van der Waals surface area contributed by atoms with Crippen molar-refractivity contribution < 1.29 is 51.6 Å². The van der Waals surface area contributed by atoms with E-state index in [4.69, 9.17) is 18.9 Å². The summed E-state index contributed by atoms with van der Waals surface area (Å²) in [4.78, 5) is 60.6. The highest BCUT2D eigenvalue weighted by Crippen LogP contribution is 2.48. The number of sulfonamides is 1. The molecule has 4 aliphatic rings. The van der Waals surface area contributed by atoms with Gasteiger partial charge in [-0.15, -0.1) is 0 Å². The van der Waals surface area contributed by atoms with Crippen LogP contribution in [0.2, 0.25) is 0 Å². The molecule has 2 aromatic rings. The Hall–Kier alpha value is -4.64. The van der Waals surface area contributed by atoms with Gasteiger partial charge in [0.1, 0.15) is 41.8 Å². The van der Waals surface area contributed by atoms with E-state index in [1.54, 1.807) is 46.3 Å². The van der Waals surface area contributed by atoms with Gasteiger partial charge in [0.2, 0.25) is 27.7 Å². The van der Waals surface area contributed by atoms with Crippen LogP contribution in [0.1, 0.15) is 65.7 Å². The molecule has 1 saturated heterocycles. The predicted octanol–water partition coefficient (Wildman–Crippen LogP) is 3.14. The Morgan fingerprint density at radius 1 is 1.11 bits per heavy atom. The van der Waals surface area contributed by atoms with E-state index < -0.39 is 74.1 Å². The van der Waals surface area contributed by atoms with E-state index in [1.165, 1.54) is 11.1 Å². The van der Waals surface area contributed by atoms with E-state index >= 15 is 0 Å². The lowest BCUT2D eigenvalue weighted by molar-refractivity contribution is -0.142. The number of methoxy groups -OCH3 is 2. The van der Waals surface area contributed by atoms with Crippen molar-refractivity contribution in [3.63, 3.8) is 0 Å². The zero-order valence-corrected chi connectivity index (χ0v) is 32.6. The van der Waals surface area contributed by atoms with Crippen molar-refractivity contribution in [3.8, 4) is 17.4 Å². The molecule has 1 aromatic carbocycles. The molecule has 3 heterocycles. The Bertz CT molecular complexity index is 1950. The van der Waals surface area contributed by atoms with Crippen LogP contribution in [0.3, 0.4) is 0 Å². The summed E-state index contributed by atoms with van der Waals surface area (Å²) in [6.07, 6.45) is 5.98. The second-order valence-corrected chi connectivity index (χ2v) is 17.8. The van der Waals surface area contributed by atoms with Crippen molar-refractivity contribution in [2.45, 2.75) is 94.2 Å². The van der Waals surface area contributed by atoms with E-state index in [0.29, 0.717) is 54.6 Å². The molecule has 0 unspecified atom stereocenters. The fraction of sp³-hybridized carbons (Fsp3) is 0.605. The number of nitrogens with zero attached hydrogens (tertiary/aromatic N) is 2. The summed E-state index contributed by atoms with van der Waals surface area (Å²) in [6, 6.07) is 2.91. The minimum absolute atomic E-state index is 0.0257. The van der Waals surface area contributed by atoms with E-state index in [-0.39, 0.29) is 37.8 Å². The third-order valence-electron chi connectivity index (χ3n) is 11.4. The summed E-state index contributed by atoms with van der Waals surface area (Å²) in [7, 11) is -0.910. The number of aromatic nitrogens is 1. The molecule has 16 nitrogen and oxygen atoms in total. The lowest BCUT2D eigenvalue weighted by atomic mass is 9.88. The number of pyridine rings is 1. The number of amides is 4. The van der Waals surface area contributed by atoms with Crippen LogP contribution in [0, 0.1) is 17.8 Å². The SMILES string of the molecule is COCCOc1cnc(O[C@@H]2C[C@H]3C(=O)N[C@]4(C(=O)NS(=O)(=O)C5(C)CC5)C[C@H]4C=CCC[C@H](C)C[C@@H](C)[C@H](NC(=O)O)C(=O)N3C2)c2ccc(OC)cc12. The molecule has 2 saturated carbocycles. The van der Waals surface area contributed by atoms with Gasteiger partial charge in [0.25, 0.3) is 5.91 Å². The quantitative estimate of drug-likeness (QED) is 0.191. The predicted molar refractivity (Wildman–Crippen MR) is 200 cm³/mol. The summed E-state index contributed by atoms with van der Waals surface area (Å²) < 4.78 is 50.4. The standard InChI is InChI=1S/C38H51N5O11S/c1-22-8-6-7-9-24-19-38(24,35(46)42-55(49,50)37(3)12-13-37)41-32(44)29-18-26(21-43(29)34(45)31(23(2)16-22)40-36(47)48)54-33-27-11-10-25(52-5)17-28(27)30(20-39-33)53-15-14-51-4/h7,9-11,17,20,22-24,26,29,31,40H,6,8,12-16,18-19,21H2,1-5H3,(H,41,44)(H,42,46)(H,47,48)/t22-,23+,24+,26+,29-,31-,38+/m0/s1. The van der Waals surface area contributed by atoms with Crippen molar-refractivity contribution in [1.29, 1.82) is 0 Å². The first-order chi connectivity index (χ1) is 26.1. The number of carboxylic acid groups (broad SMARTS) is 1. The highest BCUT2D eigenvalue weighted by Gasteiger charge is 2.63. The Balaban J connectivity index is 1.34. The number of ether oxygens (including phenoxy) is 4. The monoisotopic (exact) mass is 785 g/mol. The van der Waals surface area contributed by atoms with E-state index in [2.05, 4.69) is 20.3 Å². The molecule has 0 radical (unpaired) electrons. The van der Waals surface area contributed by atoms with Gasteiger partial charge < -0.3 is 39.6 Å².